The fourth-order valence-electron chi connectivity index (χ4n) is 4.40. The van der Waals surface area contributed by atoms with Crippen LogP contribution in [-0.2, 0) is 4.79 Å². The summed E-state index contributed by atoms with van der Waals surface area (Å²) in [6.45, 7) is -0.132. The number of imidazole rings is 1. The Labute approximate surface area is 198 Å². The zero-order chi connectivity index (χ0) is 23.4. The van der Waals surface area contributed by atoms with Crippen molar-refractivity contribution >= 4 is 33.5 Å². The van der Waals surface area contributed by atoms with E-state index >= 15 is 0 Å². The number of carbonyl (C=O) groups excluding carboxylic acids is 1. The summed E-state index contributed by atoms with van der Waals surface area (Å²) >= 11 is 0. The maximum absolute atomic E-state index is 12.6. The molecule has 1 aliphatic rings. The van der Waals surface area contributed by atoms with Crippen LogP contribution in [0.3, 0.4) is 0 Å². The van der Waals surface area contributed by atoms with Gasteiger partial charge in [0.25, 0.3) is 5.91 Å². The predicted octanol–water partition coefficient (Wildman–Crippen LogP) is 4.56. The average Bonchev–Trinajstić information content (AvgIpc) is 3.51. The average molecular weight is 459 g/mol. The van der Waals surface area contributed by atoms with Gasteiger partial charge in [-0.25, -0.2) is 4.98 Å². The van der Waals surface area contributed by atoms with Crippen molar-refractivity contribution in [2.24, 2.45) is 0 Å². The molecule has 6 aromatic rings. The molecular formula is C26H17N7O2. The summed E-state index contributed by atoms with van der Waals surface area (Å²) < 4.78 is 5.78. The number of benzene rings is 2. The Hall–Kier alpha value is -5.05. The minimum absolute atomic E-state index is 0.132. The molecule has 0 saturated carbocycles. The van der Waals surface area contributed by atoms with Gasteiger partial charge in [0, 0.05) is 28.9 Å². The Morgan fingerprint density at radius 1 is 0.857 bits per heavy atom. The van der Waals surface area contributed by atoms with Crippen molar-refractivity contribution in [1.82, 2.24) is 30.1 Å². The van der Waals surface area contributed by atoms with Gasteiger partial charge in [0.2, 0.25) is 0 Å². The van der Waals surface area contributed by atoms with Crippen LogP contribution >= 0.6 is 0 Å². The van der Waals surface area contributed by atoms with Crippen molar-refractivity contribution in [2.45, 2.75) is 0 Å². The van der Waals surface area contributed by atoms with E-state index in [-0.39, 0.29) is 12.5 Å². The van der Waals surface area contributed by atoms with Crippen LogP contribution in [-0.4, -0.2) is 42.6 Å². The van der Waals surface area contributed by atoms with Gasteiger partial charge in [-0.2, -0.15) is 5.10 Å². The second-order valence-corrected chi connectivity index (χ2v) is 8.33. The number of hydrogen-bond acceptors (Lipinski definition) is 6. The van der Waals surface area contributed by atoms with E-state index in [9.17, 15) is 4.79 Å². The van der Waals surface area contributed by atoms with Gasteiger partial charge in [0.1, 0.15) is 11.4 Å². The van der Waals surface area contributed by atoms with Gasteiger partial charge < -0.3 is 15.0 Å². The number of rotatable bonds is 0. The van der Waals surface area contributed by atoms with Crippen molar-refractivity contribution in [3.63, 3.8) is 0 Å². The van der Waals surface area contributed by atoms with E-state index in [0.717, 1.165) is 44.2 Å². The Kier molecular flexibility index (Phi) is 4.16. The van der Waals surface area contributed by atoms with Gasteiger partial charge in [0.15, 0.2) is 12.4 Å². The number of aromatic amines is 2. The molecule has 1 aliphatic heterocycles. The Morgan fingerprint density at radius 2 is 1.80 bits per heavy atom. The zero-order valence-electron chi connectivity index (χ0n) is 18.2. The van der Waals surface area contributed by atoms with E-state index in [1.54, 1.807) is 24.8 Å². The molecule has 168 valence electrons. The normalized spacial score (nSPS) is 13.0. The van der Waals surface area contributed by atoms with Crippen LogP contribution in [0.15, 0.2) is 73.3 Å². The Balaban J connectivity index is 1.48. The number of aromatic nitrogens is 6. The molecule has 8 bridgehead atoms. The highest BCUT2D eigenvalue weighted by atomic mass is 16.5. The van der Waals surface area contributed by atoms with Crippen molar-refractivity contribution in [3.05, 3.63) is 73.3 Å². The molecule has 5 heterocycles. The first-order valence-corrected chi connectivity index (χ1v) is 11.0. The smallest absolute Gasteiger partial charge is 0.262 e. The summed E-state index contributed by atoms with van der Waals surface area (Å²) in [5.74, 6) is 0.941. The molecule has 9 heteroatoms. The third-order valence-corrected chi connectivity index (χ3v) is 6.05. The molecule has 0 aliphatic carbocycles. The molecule has 1 amide bonds. The Bertz CT molecular complexity index is 1770. The number of fused-ring (bicyclic) bond motifs is 9. The molecule has 3 N–H and O–H groups in total. The van der Waals surface area contributed by atoms with Crippen LogP contribution in [0.1, 0.15) is 0 Å². The number of nitrogens with one attached hydrogen (secondary N) is 3. The molecule has 0 spiro atoms. The molecular weight excluding hydrogens is 442 g/mol. The van der Waals surface area contributed by atoms with Crippen LogP contribution in [0.2, 0.25) is 0 Å². The highest BCUT2D eigenvalue weighted by molar-refractivity contribution is 5.98. The van der Waals surface area contributed by atoms with Gasteiger partial charge in [-0.3, -0.25) is 19.9 Å². The molecule has 0 radical (unpaired) electrons. The molecule has 0 saturated heterocycles. The third-order valence-electron chi connectivity index (χ3n) is 6.05. The highest BCUT2D eigenvalue weighted by Gasteiger charge is 2.17. The van der Waals surface area contributed by atoms with Gasteiger partial charge in [-0.05, 0) is 41.5 Å². The minimum Gasteiger partial charge on any atom is -0.484 e. The third kappa shape index (κ3) is 3.29. The van der Waals surface area contributed by atoms with Crippen molar-refractivity contribution in [2.75, 3.05) is 11.9 Å². The summed E-state index contributed by atoms with van der Waals surface area (Å²) in [6, 6.07) is 15.4. The van der Waals surface area contributed by atoms with Gasteiger partial charge in [-0.15, -0.1) is 0 Å². The number of pyridine rings is 2. The minimum atomic E-state index is -0.274. The van der Waals surface area contributed by atoms with Crippen molar-refractivity contribution in [3.8, 4) is 39.5 Å². The summed E-state index contributed by atoms with van der Waals surface area (Å²) in [5, 5.41) is 11.4. The largest absolute Gasteiger partial charge is 0.484 e. The number of H-pyrrole nitrogens is 2. The monoisotopic (exact) mass is 459 g/mol. The topological polar surface area (TPSA) is 121 Å². The summed E-state index contributed by atoms with van der Waals surface area (Å²) in [5.41, 5.74) is 7.29. The van der Waals surface area contributed by atoms with E-state index in [1.165, 1.54) is 0 Å². The van der Waals surface area contributed by atoms with E-state index in [2.05, 4.69) is 30.5 Å². The summed E-state index contributed by atoms with van der Waals surface area (Å²) in [6.07, 6.45) is 6.90. The van der Waals surface area contributed by atoms with E-state index < -0.39 is 0 Å². The molecule has 0 atom stereocenters. The number of carbonyl (C=O) groups is 1. The van der Waals surface area contributed by atoms with E-state index in [4.69, 9.17) is 9.72 Å². The fourth-order valence-corrected chi connectivity index (χ4v) is 4.40. The summed E-state index contributed by atoms with van der Waals surface area (Å²) in [4.78, 5) is 29.6. The Morgan fingerprint density at radius 3 is 2.77 bits per heavy atom. The number of nitrogens with zero attached hydrogens (tertiary/aromatic N) is 4. The molecule has 35 heavy (non-hydrogen) atoms. The lowest BCUT2D eigenvalue weighted by Gasteiger charge is -2.10. The quantitative estimate of drug-likeness (QED) is 0.306. The first-order chi connectivity index (χ1) is 17.2. The van der Waals surface area contributed by atoms with Gasteiger partial charge in [0.05, 0.1) is 34.6 Å². The highest BCUT2D eigenvalue weighted by Crippen LogP contribution is 2.34. The lowest BCUT2D eigenvalue weighted by Crippen LogP contribution is -2.20. The number of ether oxygens (including phenoxy) is 1. The van der Waals surface area contributed by atoms with Gasteiger partial charge >= 0.3 is 0 Å². The predicted molar refractivity (Wildman–Crippen MR) is 132 cm³/mol. The van der Waals surface area contributed by atoms with Crippen LogP contribution in [0.25, 0.3) is 55.7 Å². The second-order valence-electron chi connectivity index (χ2n) is 8.33. The van der Waals surface area contributed by atoms with Crippen LogP contribution in [0.5, 0.6) is 5.75 Å². The van der Waals surface area contributed by atoms with Gasteiger partial charge in [-0.1, -0.05) is 18.2 Å². The molecule has 0 fully saturated rings. The molecule has 0 unspecified atom stereocenters. The van der Waals surface area contributed by atoms with Crippen molar-refractivity contribution < 1.29 is 9.53 Å². The number of amides is 1. The summed E-state index contributed by atoms with van der Waals surface area (Å²) in [7, 11) is 0. The molecule has 4 aromatic heterocycles. The first-order valence-electron chi connectivity index (χ1n) is 11.0. The number of anilines is 1. The van der Waals surface area contributed by atoms with Crippen LogP contribution in [0, 0.1) is 0 Å². The van der Waals surface area contributed by atoms with E-state index in [1.807, 2.05) is 48.5 Å². The van der Waals surface area contributed by atoms with E-state index in [0.29, 0.717) is 23.0 Å². The fraction of sp³-hybridized carbons (Fsp3) is 0.0385. The zero-order valence-corrected chi connectivity index (χ0v) is 18.2. The van der Waals surface area contributed by atoms with Crippen LogP contribution in [0.4, 0.5) is 5.69 Å². The number of hydrogen-bond donors (Lipinski definition) is 3. The maximum atomic E-state index is 12.6. The molecule has 7 rings (SSSR count). The molecule has 9 nitrogen and oxygen atoms in total. The van der Waals surface area contributed by atoms with Crippen molar-refractivity contribution in [1.29, 1.82) is 0 Å². The standard InChI is InChI=1S/C26H17N7O2/c34-23-13-35-18-3-1-2-15(7-18)20-11-28-12-22-24(20)31-26(30-22)25-19-8-14(4-5-21(19)32-33-25)16-6-17(29-23)10-27-9-16/h1-12H,13H2,(H,29,34)(H,30,31)(H,32,33). The maximum Gasteiger partial charge on any atom is 0.262 e. The second kappa shape index (κ2) is 7.49. The lowest BCUT2D eigenvalue weighted by molar-refractivity contribution is -0.118. The van der Waals surface area contributed by atoms with Crippen LogP contribution < -0.4 is 10.1 Å². The first kappa shape index (κ1) is 19.4. The molecule has 2 aromatic carbocycles. The SMILES string of the molecule is O=C1COc2cccc(c2)-c2cncc3[nH]c(nc23)-c2n[nH]c3ccc(cc23)-c2cncc(c2)N1. The lowest BCUT2D eigenvalue weighted by atomic mass is 10.0.